The van der Waals surface area contributed by atoms with Crippen molar-refractivity contribution in [2.45, 2.75) is 25.9 Å². The molecule has 0 saturated heterocycles. The molecule has 0 fully saturated rings. The van der Waals surface area contributed by atoms with Crippen molar-refractivity contribution in [3.8, 4) is 16.9 Å². The van der Waals surface area contributed by atoms with Gasteiger partial charge >= 0.3 is 0 Å². The van der Waals surface area contributed by atoms with E-state index in [1.807, 2.05) is 60.8 Å². The molecule has 0 unspecified atom stereocenters. The molecule has 3 heterocycles. The normalized spacial score (nSPS) is 15.3. The molecule has 1 N–H and O–H groups in total. The number of ether oxygens (including phenoxy) is 1. The molecule has 1 amide bonds. The molecule has 2 aromatic carbocycles. The first-order valence-electron chi connectivity index (χ1n) is 10.1. The largest absolute Gasteiger partial charge is 0.493 e. The summed E-state index contributed by atoms with van der Waals surface area (Å²) in [5, 5.41) is 5.55. The van der Waals surface area contributed by atoms with Crippen LogP contribution < -0.4 is 15.6 Å². The molecule has 1 atom stereocenters. The number of para-hydroxylation sites is 1. The van der Waals surface area contributed by atoms with Gasteiger partial charge in [-0.25, -0.2) is 4.98 Å². The van der Waals surface area contributed by atoms with Crippen LogP contribution in [0.25, 0.3) is 21.3 Å². The fourth-order valence-electron chi connectivity index (χ4n) is 3.91. The van der Waals surface area contributed by atoms with E-state index in [-0.39, 0.29) is 24.1 Å². The average molecular weight is 432 g/mol. The van der Waals surface area contributed by atoms with Gasteiger partial charge in [-0.05, 0) is 18.6 Å². The lowest BCUT2D eigenvalue weighted by Crippen LogP contribution is -2.36. The van der Waals surface area contributed by atoms with Crippen molar-refractivity contribution < 1.29 is 9.53 Å². The van der Waals surface area contributed by atoms with E-state index in [2.05, 4.69) is 10.3 Å². The fraction of sp³-hybridized carbons (Fsp3) is 0.208. The average Bonchev–Trinajstić information content (AvgIpc) is 3.21. The number of nitrogens with zero attached hydrogens (tertiary/aromatic N) is 2. The van der Waals surface area contributed by atoms with Crippen molar-refractivity contribution in [3.63, 3.8) is 0 Å². The number of thiophene rings is 1. The topological polar surface area (TPSA) is 73.2 Å². The van der Waals surface area contributed by atoms with Gasteiger partial charge in [0.15, 0.2) is 0 Å². The van der Waals surface area contributed by atoms with Crippen LogP contribution in [0.4, 0.5) is 0 Å². The minimum Gasteiger partial charge on any atom is -0.493 e. The highest BCUT2D eigenvalue weighted by atomic mass is 32.1. The second-order valence-corrected chi connectivity index (χ2v) is 8.53. The highest BCUT2D eigenvalue weighted by Crippen LogP contribution is 2.32. The highest BCUT2D eigenvalue weighted by molar-refractivity contribution is 7.17. The van der Waals surface area contributed by atoms with E-state index in [0.717, 1.165) is 28.0 Å². The van der Waals surface area contributed by atoms with Crippen LogP contribution >= 0.6 is 11.3 Å². The summed E-state index contributed by atoms with van der Waals surface area (Å²) in [6.45, 7) is 2.49. The van der Waals surface area contributed by atoms with E-state index in [1.54, 1.807) is 0 Å². The molecule has 7 heteroatoms. The van der Waals surface area contributed by atoms with E-state index in [4.69, 9.17) is 4.74 Å². The number of aromatic nitrogens is 2. The summed E-state index contributed by atoms with van der Waals surface area (Å²) in [5.41, 5.74) is 3.74. The number of hydrogen-bond donors (Lipinski definition) is 1. The van der Waals surface area contributed by atoms with Gasteiger partial charge in [0.1, 0.15) is 17.1 Å². The number of carbonyl (C=O) groups excluding carboxylic acids is 1. The van der Waals surface area contributed by atoms with E-state index >= 15 is 0 Å². The van der Waals surface area contributed by atoms with Gasteiger partial charge in [0.05, 0.1) is 24.4 Å². The van der Waals surface area contributed by atoms with Crippen LogP contribution in [0.3, 0.4) is 0 Å². The van der Waals surface area contributed by atoms with Crippen LogP contribution in [0.2, 0.25) is 0 Å². The predicted molar refractivity (Wildman–Crippen MR) is 121 cm³/mol. The third kappa shape index (κ3) is 3.72. The zero-order valence-electron chi connectivity index (χ0n) is 17.0. The van der Waals surface area contributed by atoms with Crippen molar-refractivity contribution >= 4 is 27.5 Å². The molecule has 31 heavy (non-hydrogen) atoms. The predicted octanol–water partition coefficient (Wildman–Crippen LogP) is 4.07. The summed E-state index contributed by atoms with van der Waals surface area (Å²) >= 11 is 1.44. The van der Waals surface area contributed by atoms with E-state index < -0.39 is 0 Å². The minimum atomic E-state index is -0.225. The third-order valence-electron chi connectivity index (χ3n) is 5.53. The van der Waals surface area contributed by atoms with Gasteiger partial charge in [0, 0.05) is 22.9 Å². The Morgan fingerprint density at radius 2 is 2.03 bits per heavy atom. The Bertz CT molecular complexity index is 1320. The highest BCUT2D eigenvalue weighted by Gasteiger charge is 2.23. The standard InChI is InChI=1S/C24H21N3O3S/c1-15-6-8-16(9-7-15)18-13-31-23-22(18)24(29)27(14-25-23)12-21(28)26-19-10-11-30-20-5-3-2-4-17(19)20/h2-9,13-14,19H,10-12H2,1H3,(H,26,28)/t19-/m1/s1. The van der Waals surface area contributed by atoms with Gasteiger partial charge in [-0.15, -0.1) is 11.3 Å². The van der Waals surface area contributed by atoms with Crippen molar-refractivity contribution in [3.05, 3.63) is 81.7 Å². The van der Waals surface area contributed by atoms with Crippen LogP contribution in [-0.4, -0.2) is 22.1 Å². The number of fused-ring (bicyclic) bond motifs is 2. The molecule has 0 radical (unpaired) electrons. The Balaban J connectivity index is 1.42. The van der Waals surface area contributed by atoms with Gasteiger partial charge in [-0.2, -0.15) is 0 Å². The van der Waals surface area contributed by atoms with E-state index in [1.165, 1.54) is 22.2 Å². The molecule has 0 bridgehead atoms. The first-order chi connectivity index (χ1) is 15.1. The van der Waals surface area contributed by atoms with Crippen molar-refractivity contribution in [2.75, 3.05) is 6.61 Å². The molecule has 6 nitrogen and oxygen atoms in total. The number of carbonyl (C=O) groups is 1. The summed E-state index contributed by atoms with van der Waals surface area (Å²) < 4.78 is 7.04. The zero-order chi connectivity index (χ0) is 21.4. The lowest BCUT2D eigenvalue weighted by atomic mass is 10.0. The first-order valence-corrected chi connectivity index (χ1v) is 11.0. The van der Waals surface area contributed by atoms with Gasteiger partial charge in [-0.1, -0.05) is 48.0 Å². The quantitative estimate of drug-likeness (QED) is 0.529. The summed E-state index contributed by atoms with van der Waals surface area (Å²) in [6, 6.07) is 15.6. The molecular weight excluding hydrogens is 410 g/mol. The number of nitrogens with one attached hydrogen (secondary N) is 1. The van der Waals surface area contributed by atoms with Gasteiger partial charge < -0.3 is 10.1 Å². The molecule has 5 rings (SSSR count). The number of hydrogen-bond acceptors (Lipinski definition) is 5. The number of amides is 1. The van der Waals surface area contributed by atoms with Crippen LogP contribution in [0.1, 0.15) is 23.6 Å². The smallest absolute Gasteiger partial charge is 0.263 e. The minimum absolute atomic E-state index is 0.0789. The molecule has 2 aromatic heterocycles. The van der Waals surface area contributed by atoms with Crippen LogP contribution in [0, 0.1) is 6.92 Å². The van der Waals surface area contributed by atoms with Gasteiger partial charge in [0.25, 0.3) is 5.56 Å². The molecule has 0 aliphatic carbocycles. The summed E-state index contributed by atoms with van der Waals surface area (Å²) in [4.78, 5) is 31.1. The van der Waals surface area contributed by atoms with Crippen molar-refractivity contribution in [1.29, 1.82) is 0 Å². The lowest BCUT2D eigenvalue weighted by Gasteiger charge is -2.26. The summed E-state index contributed by atoms with van der Waals surface area (Å²) in [5.74, 6) is 0.567. The second-order valence-electron chi connectivity index (χ2n) is 7.67. The number of benzene rings is 2. The number of aryl methyl sites for hydroxylation is 1. The third-order valence-corrected chi connectivity index (χ3v) is 6.42. The summed E-state index contributed by atoms with van der Waals surface area (Å²) in [7, 11) is 0. The fourth-order valence-corrected chi connectivity index (χ4v) is 4.82. The Morgan fingerprint density at radius 1 is 1.23 bits per heavy atom. The molecule has 0 saturated carbocycles. The van der Waals surface area contributed by atoms with Crippen LogP contribution in [-0.2, 0) is 11.3 Å². The molecule has 156 valence electrons. The molecule has 0 spiro atoms. The maximum absolute atomic E-state index is 13.2. The Hall–Kier alpha value is -3.45. The first kappa shape index (κ1) is 19.5. The number of rotatable bonds is 4. The Kier molecular flexibility index (Phi) is 5.03. The maximum atomic E-state index is 13.2. The molecule has 1 aliphatic heterocycles. The van der Waals surface area contributed by atoms with Crippen LogP contribution in [0.15, 0.2) is 65.0 Å². The van der Waals surface area contributed by atoms with Crippen molar-refractivity contribution in [2.24, 2.45) is 0 Å². The van der Waals surface area contributed by atoms with E-state index in [0.29, 0.717) is 23.2 Å². The second kappa shape index (κ2) is 8.00. The Labute approximate surface area is 183 Å². The van der Waals surface area contributed by atoms with Gasteiger partial charge in [0.2, 0.25) is 5.91 Å². The lowest BCUT2D eigenvalue weighted by molar-refractivity contribution is -0.122. The van der Waals surface area contributed by atoms with E-state index in [9.17, 15) is 9.59 Å². The zero-order valence-corrected chi connectivity index (χ0v) is 17.8. The molecule has 1 aliphatic rings. The maximum Gasteiger partial charge on any atom is 0.263 e. The Morgan fingerprint density at radius 3 is 2.87 bits per heavy atom. The van der Waals surface area contributed by atoms with Gasteiger partial charge in [-0.3, -0.25) is 14.2 Å². The summed E-state index contributed by atoms with van der Waals surface area (Å²) in [6.07, 6.45) is 2.15. The SMILES string of the molecule is Cc1ccc(-c2csc3ncn(CC(=O)N[C@@H]4CCOc5ccccc54)c(=O)c23)cc1. The molecule has 4 aromatic rings. The van der Waals surface area contributed by atoms with Crippen LogP contribution in [0.5, 0.6) is 5.75 Å². The van der Waals surface area contributed by atoms with Crippen molar-refractivity contribution in [1.82, 2.24) is 14.9 Å². The molecular formula is C24H21N3O3S. The monoisotopic (exact) mass is 431 g/mol.